The summed E-state index contributed by atoms with van der Waals surface area (Å²) in [5, 5.41) is 11.3. The molecule has 0 atom stereocenters. The van der Waals surface area contributed by atoms with Crippen LogP contribution in [0.5, 0.6) is 11.5 Å². The third-order valence-corrected chi connectivity index (χ3v) is 4.97. The van der Waals surface area contributed by atoms with Gasteiger partial charge in [-0.2, -0.15) is 0 Å². The maximum absolute atomic E-state index is 12.6. The Labute approximate surface area is 187 Å². The maximum Gasteiger partial charge on any atom is 0.514 e. The topological polar surface area (TPSA) is 55.8 Å². The molecule has 0 saturated carbocycles. The number of carbonyl (C=O) groups is 1. The molecule has 0 aliphatic carbocycles. The minimum absolute atomic E-state index is 0.206. The second kappa shape index (κ2) is 8.22. The first-order valence-corrected chi connectivity index (χ1v) is 10.8. The third kappa shape index (κ3) is 6.03. The van der Waals surface area contributed by atoms with Gasteiger partial charge in [0.15, 0.2) is 0 Å². The predicted octanol–water partition coefficient (Wildman–Crippen LogP) is 7.58. The van der Waals surface area contributed by atoms with Crippen molar-refractivity contribution in [1.29, 1.82) is 0 Å². The Morgan fingerprint density at radius 1 is 0.742 bits per heavy atom. The zero-order valence-electron chi connectivity index (χ0n) is 21.0. The van der Waals surface area contributed by atoms with Gasteiger partial charge in [0.05, 0.1) is 0 Å². The zero-order chi connectivity index (χ0) is 23.9. The Kier molecular flexibility index (Phi) is 6.57. The van der Waals surface area contributed by atoms with Crippen LogP contribution in [0, 0.1) is 13.8 Å². The van der Waals surface area contributed by atoms with Gasteiger partial charge in [-0.05, 0) is 68.7 Å². The molecule has 2 rings (SSSR count). The molecule has 4 nitrogen and oxygen atoms in total. The van der Waals surface area contributed by atoms with Gasteiger partial charge in [0.1, 0.15) is 17.1 Å². The van der Waals surface area contributed by atoms with Gasteiger partial charge >= 0.3 is 6.16 Å². The molecule has 31 heavy (non-hydrogen) atoms. The van der Waals surface area contributed by atoms with E-state index in [2.05, 4.69) is 41.5 Å². The SMILES string of the molecule is Cc1cc(-c2cc(C)cc(C(C)(C)C)c2OC(=O)OC(C)(C)C)c(O)c(C(C)(C)C)c1. The van der Waals surface area contributed by atoms with Crippen molar-refractivity contribution >= 4 is 6.16 Å². The van der Waals surface area contributed by atoms with E-state index in [9.17, 15) is 9.90 Å². The molecule has 0 aliphatic heterocycles. The molecule has 0 radical (unpaired) electrons. The second-order valence-electron chi connectivity index (χ2n) is 11.5. The summed E-state index contributed by atoms with van der Waals surface area (Å²) in [4.78, 5) is 12.6. The molecule has 0 unspecified atom stereocenters. The number of hydrogen-bond donors (Lipinski definition) is 1. The Morgan fingerprint density at radius 3 is 1.65 bits per heavy atom. The third-order valence-electron chi connectivity index (χ3n) is 4.97. The molecule has 0 fully saturated rings. The van der Waals surface area contributed by atoms with Crippen molar-refractivity contribution in [3.8, 4) is 22.6 Å². The first-order valence-electron chi connectivity index (χ1n) is 10.8. The highest BCUT2D eigenvalue weighted by Crippen LogP contribution is 2.46. The van der Waals surface area contributed by atoms with E-state index in [4.69, 9.17) is 9.47 Å². The number of carbonyl (C=O) groups excluding carboxylic acids is 1. The summed E-state index contributed by atoms with van der Waals surface area (Å²) in [6.07, 6.45) is -0.758. The van der Waals surface area contributed by atoms with Crippen molar-refractivity contribution < 1.29 is 19.4 Å². The number of phenols is 1. The van der Waals surface area contributed by atoms with E-state index in [0.29, 0.717) is 16.9 Å². The molecule has 170 valence electrons. The van der Waals surface area contributed by atoms with Crippen LogP contribution in [0.2, 0.25) is 0 Å². The number of aromatic hydroxyl groups is 1. The van der Waals surface area contributed by atoms with Crippen molar-refractivity contribution in [3.05, 3.63) is 46.5 Å². The lowest BCUT2D eigenvalue weighted by Gasteiger charge is -2.28. The zero-order valence-corrected chi connectivity index (χ0v) is 21.0. The summed E-state index contributed by atoms with van der Waals surface area (Å²) in [7, 11) is 0. The second-order valence-corrected chi connectivity index (χ2v) is 11.5. The van der Waals surface area contributed by atoms with Crippen LogP contribution in [0.25, 0.3) is 11.1 Å². The highest BCUT2D eigenvalue weighted by Gasteiger charge is 2.29. The van der Waals surface area contributed by atoms with E-state index in [0.717, 1.165) is 22.3 Å². The van der Waals surface area contributed by atoms with Crippen molar-refractivity contribution in [2.45, 2.75) is 92.6 Å². The first kappa shape index (κ1) is 24.8. The number of hydrogen-bond acceptors (Lipinski definition) is 4. The number of rotatable bonds is 2. The largest absolute Gasteiger partial charge is 0.514 e. The molecule has 1 N–H and O–H groups in total. The van der Waals surface area contributed by atoms with Crippen molar-refractivity contribution in [2.75, 3.05) is 0 Å². The number of benzene rings is 2. The van der Waals surface area contributed by atoms with E-state index in [1.54, 1.807) is 20.8 Å². The Bertz CT molecular complexity index is 980. The molecule has 0 saturated heterocycles. The normalized spacial score (nSPS) is 12.6. The minimum atomic E-state index is -0.758. The van der Waals surface area contributed by atoms with E-state index in [-0.39, 0.29) is 16.6 Å². The average molecular weight is 427 g/mol. The smallest absolute Gasteiger partial charge is 0.507 e. The highest BCUT2D eigenvalue weighted by atomic mass is 16.7. The standard InChI is InChI=1S/C27H38O4/c1-16-12-18(22(28)20(14-16)25(3,4)5)19-13-17(2)15-21(26(6,7)8)23(19)30-24(29)31-27(9,10)11/h12-15,28H,1-11H3. The molecule has 0 bridgehead atoms. The summed E-state index contributed by atoms with van der Waals surface area (Å²) in [6.45, 7) is 21.9. The molecule has 0 aromatic heterocycles. The number of ether oxygens (including phenoxy) is 2. The Morgan fingerprint density at radius 2 is 1.19 bits per heavy atom. The van der Waals surface area contributed by atoms with Crippen LogP contribution in [-0.4, -0.2) is 16.9 Å². The van der Waals surface area contributed by atoms with Gasteiger partial charge in [-0.15, -0.1) is 0 Å². The fourth-order valence-electron chi connectivity index (χ4n) is 3.55. The highest BCUT2D eigenvalue weighted by molar-refractivity contribution is 5.82. The summed E-state index contributed by atoms with van der Waals surface area (Å²) < 4.78 is 11.3. The summed E-state index contributed by atoms with van der Waals surface area (Å²) in [5.74, 6) is 0.630. The Balaban J connectivity index is 2.84. The summed E-state index contributed by atoms with van der Waals surface area (Å²) >= 11 is 0. The quantitative estimate of drug-likeness (QED) is 0.397. The first-order chi connectivity index (χ1) is 13.9. The molecular formula is C27H38O4. The van der Waals surface area contributed by atoms with Crippen molar-refractivity contribution in [1.82, 2.24) is 0 Å². The molecule has 4 heteroatoms. The van der Waals surface area contributed by atoms with E-state index < -0.39 is 11.8 Å². The maximum atomic E-state index is 12.6. The van der Waals surface area contributed by atoms with Crippen molar-refractivity contribution in [3.63, 3.8) is 0 Å². The van der Waals surface area contributed by atoms with E-state index in [1.807, 2.05) is 38.1 Å². The van der Waals surface area contributed by atoms with Crippen molar-refractivity contribution in [2.24, 2.45) is 0 Å². The van der Waals surface area contributed by atoms with Gasteiger partial charge < -0.3 is 14.6 Å². The van der Waals surface area contributed by atoms with Crippen LogP contribution in [0.1, 0.15) is 84.6 Å². The lowest BCUT2D eigenvalue weighted by molar-refractivity contribution is 0.0204. The monoisotopic (exact) mass is 426 g/mol. The van der Waals surface area contributed by atoms with Crippen LogP contribution >= 0.6 is 0 Å². The van der Waals surface area contributed by atoms with Crippen LogP contribution in [0.4, 0.5) is 4.79 Å². The molecule has 0 aliphatic rings. The van der Waals surface area contributed by atoms with Gasteiger partial charge in [0.2, 0.25) is 0 Å². The minimum Gasteiger partial charge on any atom is -0.507 e. The molecule has 2 aromatic rings. The molecule has 0 spiro atoms. The lowest BCUT2D eigenvalue weighted by Crippen LogP contribution is -2.27. The number of aryl methyl sites for hydroxylation is 2. The summed E-state index contributed by atoms with van der Waals surface area (Å²) in [5.41, 5.74) is 3.91. The predicted molar refractivity (Wildman–Crippen MR) is 127 cm³/mol. The Hall–Kier alpha value is -2.49. The van der Waals surface area contributed by atoms with Gasteiger partial charge in [-0.25, -0.2) is 4.79 Å². The lowest BCUT2D eigenvalue weighted by atomic mass is 9.80. The van der Waals surface area contributed by atoms with Crippen LogP contribution in [0.15, 0.2) is 24.3 Å². The fraction of sp³-hybridized carbons (Fsp3) is 0.519. The average Bonchev–Trinajstić information content (AvgIpc) is 2.54. The van der Waals surface area contributed by atoms with E-state index >= 15 is 0 Å². The van der Waals surface area contributed by atoms with Crippen LogP contribution in [0.3, 0.4) is 0 Å². The molecule has 0 amide bonds. The molecule has 2 aromatic carbocycles. The van der Waals surface area contributed by atoms with Crippen LogP contribution in [-0.2, 0) is 15.6 Å². The van der Waals surface area contributed by atoms with Gasteiger partial charge in [0, 0.05) is 22.3 Å². The van der Waals surface area contributed by atoms with Gasteiger partial charge in [0.25, 0.3) is 0 Å². The van der Waals surface area contributed by atoms with Crippen LogP contribution < -0.4 is 4.74 Å². The van der Waals surface area contributed by atoms with E-state index in [1.165, 1.54) is 0 Å². The number of phenolic OH excluding ortho intramolecular Hbond substituents is 1. The fourth-order valence-corrected chi connectivity index (χ4v) is 3.55. The van der Waals surface area contributed by atoms with Gasteiger partial charge in [-0.1, -0.05) is 53.7 Å². The molecule has 0 heterocycles. The van der Waals surface area contributed by atoms with Gasteiger partial charge in [-0.3, -0.25) is 0 Å². The summed E-state index contributed by atoms with van der Waals surface area (Å²) in [6, 6.07) is 7.93. The molecular weight excluding hydrogens is 388 g/mol.